The summed E-state index contributed by atoms with van der Waals surface area (Å²) >= 11 is 2.86. The number of sulfone groups is 1. The third kappa shape index (κ3) is 3.46. The Bertz CT molecular complexity index is 752. The van der Waals surface area contributed by atoms with Crippen LogP contribution in [0.1, 0.15) is 0 Å². The number of thiophene rings is 1. The van der Waals surface area contributed by atoms with Gasteiger partial charge in [0, 0.05) is 15.9 Å². The Morgan fingerprint density at radius 1 is 1.30 bits per heavy atom. The van der Waals surface area contributed by atoms with Crippen molar-refractivity contribution in [2.75, 3.05) is 6.26 Å². The van der Waals surface area contributed by atoms with Crippen molar-refractivity contribution in [2.24, 2.45) is 0 Å². The number of nitro groups is 1. The quantitative estimate of drug-likeness (QED) is 0.426. The number of nitrogens with zero attached hydrogens (tertiary/aromatic N) is 1. The largest absolute Gasteiger partial charge is 0.440 e. The smallest absolute Gasteiger partial charge is 0.324 e. The highest BCUT2D eigenvalue weighted by Gasteiger charge is 2.25. The molecular weight excluding hydrogens is 417 g/mol. The molecule has 1 heterocycles. The molecule has 0 saturated heterocycles. The van der Waals surface area contributed by atoms with Crippen LogP contribution in [-0.2, 0) is 9.84 Å². The van der Waals surface area contributed by atoms with Gasteiger partial charge in [0.25, 0.3) is 5.06 Å². The number of benzene rings is 1. The first-order valence-corrected chi connectivity index (χ1v) is 8.98. The summed E-state index contributed by atoms with van der Waals surface area (Å²) in [5, 5.41) is 10.9. The Hall–Kier alpha value is -1.20. The molecule has 1 aromatic heterocycles. The molecule has 2 aromatic rings. The monoisotopic (exact) mass is 425 g/mol. The molecule has 0 saturated carbocycles. The van der Waals surface area contributed by atoms with Gasteiger partial charge in [-0.05, 0) is 46.9 Å². The number of halogens is 1. The van der Waals surface area contributed by atoms with Crippen LogP contribution < -0.4 is 4.74 Å². The normalized spacial score (nSPS) is 11.3. The number of hydrogen-bond acceptors (Lipinski definition) is 6. The van der Waals surface area contributed by atoms with Crippen molar-refractivity contribution < 1.29 is 18.1 Å². The molecule has 0 aliphatic carbocycles. The molecule has 0 amide bonds. The van der Waals surface area contributed by atoms with Crippen LogP contribution in [0.5, 0.6) is 10.8 Å². The standard InChI is InChI=1S/C11H8INO5S2/c1-20(16,17)10-6-9(13(14)15)11(19-10)18-8-4-2-7(12)3-5-8/h2-6H,1H3. The highest BCUT2D eigenvalue weighted by molar-refractivity contribution is 14.1. The van der Waals surface area contributed by atoms with E-state index in [1.165, 1.54) is 0 Å². The van der Waals surface area contributed by atoms with Crippen LogP contribution in [0.2, 0.25) is 0 Å². The zero-order valence-electron chi connectivity index (χ0n) is 10.1. The van der Waals surface area contributed by atoms with Gasteiger partial charge >= 0.3 is 5.69 Å². The highest BCUT2D eigenvalue weighted by atomic mass is 127. The molecule has 0 spiro atoms. The summed E-state index contributed by atoms with van der Waals surface area (Å²) in [5.74, 6) is 0.412. The summed E-state index contributed by atoms with van der Waals surface area (Å²) in [7, 11) is -3.50. The van der Waals surface area contributed by atoms with Crippen molar-refractivity contribution in [3.05, 3.63) is 44.0 Å². The average Bonchev–Trinajstić information content (AvgIpc) is 2.76. The van der Waals surface area contributed by atoms with Gasteiger partial charge in [-0.1, -0.05) is 11.3 Å². The van der Waals surface area contributed by atoms with Crippen LogP contribution >= 0.6 is 33.9 Å². The zero-order valence-corrected chi connectivity index (χ0v) is 13.9. The van der Waals surface area contributed by atoms with Crippen molar-refractivity contribution in [3.8, 4) is 10.8 Å². The molecular formula is C11H8INO5S2. The van der Waals surface area contributed by atoms with Gasteiger partial charge in [-0.15, -0.1) is 0 Å². The minimum Gasteiger partial charge on any atom is -0.440 e. The Morgan fingerprint density at radius 3 is 2.40 bits per heavy atom. The first-order chi connectivity index (χ1) is 9.27. The average molecular weight is 425 g/mol. The summed E-state index contributed by atoms with van der Waals surface area (Å²) in [6.07, 6.45) is 0.997. The molecule has 0 N–H and O–H groups in total. The fourth-order valence-corrected chi connectivity index (χ4v) is 3.58. The summed E-state index contributed by atoms with van der Waals surface area (Å²) in [6, 6.07) is 7.90. The van der Waals surface area contributed by atoms with Crippen molar-refractivity contribution in [1.82, 2.24) is 0 Å². The van der Waals surface area contributed by atoms with Crippen LogP contribution in [0.4, 0.5) is 5.69 Å². The first kappa shape index (κ1) is 15.2. The first-order valence-electron chi connectivity index (χ1n) is 5.19. The molecule has 9 heteroatoms. The number of ether oxygens (including phenoxy) is 1. The van der Waals surface area contributed by atoms with E-state index in [1.807, 2.05) is 0 Å². The van der Waals surface area contributed by atoms with Crippen LogP contribution in [0.3, 0.4) is 0 Å². The van der Waals surface area contributed by atoms with E-state index in [0.29, 0.717) is 5.75 Å². The molecule has 0 aliphatic heterocycles. The summed E-state index contributed by atoms with van der Waals surface area (Å²) < 4.78 is 29.2. The predicted octanol–water partition coefficient (Wildman–Crippen LogP) is 3.46. The van der Waals surface area contributed by atoms with Crippen molar-refractivity contribution >= 4 is 49.5 Å². The molecule has 6 nitrogen and oxygen atoms in total. The van der Waals surface area contributed by atoms with Gasteiger partial charge in [0.15, 0.2) is 9.84 Å². The van der Waals surface area contributed by atoms with Gasteiger partial charge in [0.1, 0.15) is 9.96 Å². The molecule has 0 aliphatic rings. The highest BCUT2D eigenvalue weighted by Crippen LogP contribution is 2.41. The Balaban J connectivity index is 2.42. The molecule has 20 heavy (non-hydrogen) atoms. The van der Waals surface area contributed by atoms with Crippen LogP contribution in [0.25, 0.3) is 0 Å². The lowest BCUT2D eigenvalue weighted by Crippen LogP contribution is -1.92. The molecule has 106 valence electrons. The van der Waals surface area contributed by atoms with Crippen molar-refractivity contribution in [3.63, 3.8) is 0 Å². The predicted molar refractivity (Wildman–Crippen MR) is 83.3 cm³/mol. The van der Waals surface area contributed by atoms with E-state index in [9.17, 15) is 18.5 Å². The molecule has 0 bridgehead atoms. The minimum atomic E-state index is -3.50. The van der Waals surface area contributed by atoms with E-state index in [-0.39, 0.29) is 15.0 Å². The molecule has 0 radical (unpaired) electrons. The van der Waals surface area contributed by atoms with Crippen LogP contribution in [0.15, 0.2) is 34.5 Å². The zero-order chi connectivity index (χ0) is 14.9. The summed E-state index contributed by atoms with van der Waals surface area (Å²) in [5.41, 5.74) is -0.353. The van der Waals surface area contributed by atoms with Gasteiger partial charge in [0.2, 0.25) is 0 Å². The van der Waals surface area contributed by atoms with E-state index in [4.69, 9.17) is 4.74 Å². The van der Waals surface area contributed by atoms with Gasteiger partial charge in [0.05, 0.1) is 4.92 Å². The molecule has 0 fully saturated rings. The second kappa shape index (κ2) is 5.66. The molecule has 1 aromatic carbocycles. The van der Waals surface area contributed by atoms with Crippen LogP contribution in [-0.4, -0.2) is 19.6 Å². The van der Waals surface area contributed by atoms with Gasteiger partial charge in [-0.25, -0.2) is 8.42 Å². The van der Waals surface area contributed by atoms with E-state index < -0.39 is 14.8 Å². The molecule has 0 unspecified atom stereocenters. The maximum atomic E-state index is 11.4. The lowest BCUT2D eigenvalue weighted by molar-refractivity contribution is -0.385. The minimum absolute atomic E-state index is 0.0448. The Labute approximate surface area is 132 Å². The van der Waals surface area contributed by atoms with Crippen molar-refractivity contribution in [2.45, 2.75) is 4.21 Å². The number of hydrogen-bond donors (Lipinski definition) is 0. The van der Waals surface area contributed by atoms with E-state index >= 15 is 0 Å². The fourth-order valence-electron chi connectivity index (χ4n) is 1.34. The maximum Gasteiger partial charge on any atom is 0.324 e. The summed E-state index contributed by atoms with van der Waals surface area (Å²) in [4.78, 5) is 10.3. The topological polar surface area (TPSA) is 86.5 Å². The Kier molecular flexibility index (Phi) is 4.30. The fraction of sp³-hybridized carbons (Fsp3) is 0.0909. The van der Waals surface area contributed by atoms with E-state index in [1.54, 1.807) is 24.3 Å². The van der Waals surface area contributed by atoms with Gasteiger partial charge in [-0.2, -0.15) is 0 Å². The summed E-state index contributed by atoms with van der Waals surface area (Å²) in [6.45, 7) is 0. The van der Waals surface area contributed by atoms with Crippen molar-refractivity contribution in [1.29, 1.82) is 0 Å². The second-order valence-corrected chi connectivity index (χ2v) is 8.33. The number of rotatable bonds is 4. The van der Waals surface area contributed by atoms with E-state index in [2.05, 4.69) is 22.6 Å². The molecule has 0 atom stereocenters. The van der Waals surface area contributed by atoms with Crippen LogP contribution in [0, 0.1) is 13.7 Å². The lowest BCUT2D eigenvalue weighted by atomic mass is 10.3. The Morgan fingerprint density at radius 2 is 1.90 bits per heavy atom. The third-order valence-electron chi connectivity index (χ3n) is 2.24. The van der Waals surface area contributed by atoms with E-state index in [0.717, 1.165) is 27.2 Å². The second-order valence-electron chi connectivity index (χ2n) is 3.82. The lowest BCUT2D eigenvalue weighted by Gasteiger charge is -2.02. The molecule has 2 rings (SSSR count). The SMILES string of the molecule is CS(=O)(=O)c1cc([N+](=O)[O-])c(Oc2ccc(I)cc2)s1. The van der Waals surface area contributed by atoms with Gasteiger partial charge in [-0.3, -0.25) is 10.1 Å². The maximum absolute atomic E-state index is 11.4. The van der Waals surface area contributed by atoms with Gasteiger partial charge < -0.3 is 4.74 Å². The third-order valence-corrected chi connectivity index (χ3v) is 5.77.